The molecule has 1 atom stereocenters. The van der Waals surface area contributed by atoms with Crippen LogP contribution in [-0.4, -0.2) is 23.0 Å². The van der Waals surface area contributed by atoms with E-state index in [4.69, 9.17) is 5.11 Å². The molecule has 1 aromatic rings. The minimum Gasteiger partial charge on any atom is -0.480 e. The van der Waals surface area contributed by atoms with E-state index in [-0.39, 0.29) is 5.56 Å². The highest BCUT2D eigenvalue weighted by molar-refractivity contribution is 9.10. The number of aliphatic carboxylic acids is 1. The van der Waals surface area contributed by atoms with E-state index in [2.05, 4.69) is 21.2 Å². The van der Waals surface area contributed by atoms with E-state index in [1.807, 2.05) is 6.92 Å². The van der Waals surface area contributed by atoms with Gasteiger partial charge in [-0.2, -0.15) is 0 Å². The summed E-state index contributed by atoms with van der Waals surface area (Å²) >= 11 is 3.16. The Labute approximate surface area is 125 Å². The quantitative estimate of drug-likeness (QED) is 0.831. The number of carboxylic acids is 1. The van der Waals surface area contributed by atoms with Gasteiger partial charge in [0.2, 0.25) is 0 Å². The van der Waals surface area contributed by atoms with Gasteiger partial charge in [-0.25, -0.2) is 9.18 Å². The fourth-order valence-corrected chi connectivity index (χ4v) is 2.26. The SMILES string of the molecule is CCCCC(NC(=O)c1c(F)ccc(C)c1Br)C(=O)O. The number of carbonyl (C=O) groups is 2. The molecule has 2 N–H and O–H groups in total. The second kappa shape index (κ2) is 7.38. The predicted octanol–water partition coefficient (Wildman–Crippen LogP) is 3.27. The van der Waals surface area contributed by atoms with Gasteiger partial charge in [0.25, 0.3) is 5.91 Å². The number of aryl methyl sites for hydroxylation is 1. The predicted molar refractivity (Wildman–Crippen MR) is 77.3 cm³/mol. The standard InChI is InChI=1S/C14H17BrFNO3/c1-3-4-5-10(14(19)20)17-13(18)11-9(16)7-6-8(2)12(11)15/h6-7,10H,3-5H2,1-2H3,(H,17,18)(H,19,20). The number of nitrogens with one attached hydrogen (secondary N) is 1. The fourth-order valence-electron chi connectivity index (χ4n) is 1.76. The van der Waals surface area contributed by atoms with Crippen molar-refractivity contribution in [3.8, 4) is 0 Å². The highest BCUT2D eigenvalue weighted by Crippen LogP contribution is 2.24. The summed E-state index contributed by atoms with van der Waals surface area (Å²) in [6.07, 6.45) is 1.82. The van der Waals surface area contributed by atoms with Gasteiger partial charge in [0, 0.05) is 4.47 Å². The molecule has 0 heterocycles. The van der Waals surface area contributed by atoms with Crippen LogP contribution in [0, 0.1) is 12.7 Å². The summed E-state index contributed by atoms with van der Waals surface area (Å²) in [4.78, 5) is 23.2. The highest BCUT2D eigenvalue weighted by atomic mass is 79.9. The average molecular weight is 346 g/mol. The van der Waals surface area contributed by atoms with Crippen molar-refractivity contribution in [3.63, 3.8) is 0 Å². The Morgan fingerprint density at radius 3 is 2.65 bits per heavy atom. The maximum Gasteiger partial charge on any atom is 0.326 e. The number of benzene rings is 1. The van der Waals surface area contributed by atoms with Crippen LogP contribution in [0.2, 0.25) is 0 Å². The van der Waals surface area contributed by atoms with Gasteiger partial charge in [-0.1, -0.05) is 25.8 Å². The van der Waals surface area contributed by atoms with Crippen LogP contribution in [-0.2, 0) is 4.79 Å². The fraction of sp³-hybridized carbons (Fsp3) is 0.429. The molecule has 1 rings (SSSR count). The van der Waals surface area contributed by atoms with E-state index in [1.165, 1.54) is 6.07 Å². The zero-order valence-electron chi connectivity index (χ0n) is 11.4. The molecule has 1 aromatic carbocycles. The molecule has 0 saturated carbocycles. The molecule has 0 aromatic heterocycles. The van der Waals surface area contributed by atoms with Crippen molar-refractivity contribution in [2.24, 2.45) is 0 Å². The van der Waals surface area contributed by atoms with Gasteiger partial charge in [-0.3, -0.25) is 4.79 Å². The molecule has 0 bridgehead atoms. The Morgan fingerprint density at radius 2 is 2.10 bits per heavy atom. The first-order valence-electron chi connectivity index (χ1n) is 6.36. The molecule has 1 unspecified atom stereocenters. The molecule has 0 aliphatic heterocycles. The largest absolute Gasteiger partial charge is 0.480 e. The molecule has 110 valence electrons. The zero-order valence-corrected chi connectivity index (χ0v) is 13.0. The summed E-state index contributed by atoms with van der Waals surface area (Å²) in [6, 6.07) is 1.73. The van der Waals surface area contributed by atoms with Gasteiger partial charge < -0.3 is 10.4 Å². The van der Waals surface area contributed by atoms with Gasteiger partial charge in [0.1, 0.15) is 11.9 Å². The molecular weight excluding hydrogens is 329 g/mol. The van der Waals surface area contributed by atoms with Crippen molar-refractivity contribution in [1.82, 2.24) is 5.32 Å². The average Bonchev–Trinajstić information content (AvgIpc) is 2.39. The second-order valence-corrected chi connectivity index (χ2v) is 5.35. The monoisotopic (exact) mass is 345 g/mol. The van der Waals surface area contributed by atoms with E-state index >= 15 is 0 Å². The first kappa shape index (κ1) is 16.6. The number of unbranched alkanes of at least 4 members (excludes halogenated alkanes) is 1. The van der Waals surface area contributed by atoms with Crippen LogP contribution < -0.4 is 5.32 Å². The lowest BCUT2D eigenvalue weighted by Crippen LogP contribution is -2.41. The third-order valence-electron chi connectivity index (χ3n) is 2.96. The summed E-state index contributed by atoms with van der Waals surface area (Å²) in [6.45, 7) is 3.66. The number of hydrogen-bond acceptors (Lipinski definition) is 2. The Hall–Kier alpha value is -1.43. The minimum absolute atomic E-state index is 0.159. The normalized spacial score (nSPS) is 12.0. The van der Waals surface area contributed by atoms with Crippen LogP contribution in [0.25, 0.3) is 0 Å². The number of halogens is 2. The van der Waals surface area contributed by atoms with Crippen molar-refractivity contribution >= 4 is 27.8 Å². The Morgan fingerprint density at radius 1 is 1.45 bits per heavy atom. The smallest absolute Gasteiger partial charge is 0.326 e. The summed E-state index contributed by atoms with van der Waals surface area (Å²) in [5.41, 5.74) is 0.546. The molecule has 0 saturated heterocycles. The van der Waals surface area contributed by atoms with Gasteiger partial charge in [0.15, 0.2) is 0 Å². The first-order chi connectivity index (χ1) is 9.38. The van der Waals surface area contributed by atoms with Gasteiger partial charge >= 0.3 is 5.97 Å². The number of carboxylic acid groups (broad SMARTS) is 1. The summed E-state index contributed by atoms with van der Waals surface area (Å²) in [7, 11) is 0. The number of hydrogen-bond donors (Lipinski definition) is 2. The lowest BCUT2D eigenvalue weighted by atomic mass is 10.1. The van der Waals surface area contributed by atoms with E-state index in [1.54, 1.807) is 13.0 Å². The Bertz CT molecular complexity index is 519. The Kier molecular flexibility index (Phi) is 6.13. The van der Waals surface area contributed by atoms with Gasteiger partial charge in [-0.15, -0.1) is 0 Å². The van der Waals surface area contributed by atoms with Crippen molar-refractivity contribution in [1.29, 1.82) is 0 Å². The zero-order chi connectivity index (χ0) is 15.3. The van der Waals surface area contributed by atoms with Crippen LogP contribution in [0.1, 0.15) is 42.1 Å². The van der Waals surface area contributed by atoms with Crippen LogP contribution in [0.15, 0.2) is 16.6 Å². The van der Waals surface area contributed by atoms with E-state index in [0.717, 1.165) is 6.42 Å². The molecule has 0 fully saturated rings. The topological polar surface area (TPSA) is 66.4 Å². The third-order valence-corrected chi connectivity index (χ3v) is 3.98. The molecule has 0 aliphatic rings. The molecule has 4 nitrogen and oxygen atoms in total. The number of carbonyl (C=O) groups excluding carboxylic acids is 1. The molecular formula is C14H17BrFNO3. The number of rotatable bonds is 6. The lowest BCUT2D eigenvalue weighted by Gasteiger charge is -2.15. The lowest BCUT2D eigenvalue weighted by molar-refractivity contribution is -0.139. The molecule has 6 heteroatoms. The summed E-state index contributed by atoms with van der Waals surface area (Å²) in [5.74, 6) is -2.52. The Balaban J connectivity index is 2.95. The van der Waals surface area contributed by atoms with Gasteiger partial charge in [0.05, 0.1) is 5.56 Å². The second-order valence-electron chi connectivity index (χ2n) is 4.56. The van der Waals surface area contributed by atoms with E-state index < -0.39 is 23.7 Å². The van der Waals surface area contributed by atoms with Crippen molar-refractivity contribution in [2.75, 3.05) is 0 Å². The molecule has 0 spiro atoms. The van der Waals surface area contributed by atoms with E-state index in [9.17, 15) is 14.0 Å². The van der Waals surface area contributed by atoms with Crippen molar-refractivity contribution in [3.05, 3.63) is 33.5 Å². The molecule has 0 radical (unpaired) electrons. The molecule has 1 amide bonds. The van der Waals surface area contributed by atoms with E-state index in [0.29, 0.717) is 22.9 Å². The maximum atomic E-state index is 13.7. The van der Waals surface area contributed by atoms with Crippen LogP contribution in [0.5, 0.6) is 0 Å². The minimum atomic E-state index is -1.11. The molecule has 0 aliphatic carbocycles. The van der Waals surface area contributed by atoms with Crippen LogP contribution >= 0.6 is 15.9 Å². The summed E-state index contributed by atoms with van der Waals surface area (Å²) in [5, 5.41) is 11.4. The van der Waals surface area contributed by atoms with Gasteiger partial charge in [-0.05, 0) is 40.9 Å². The number of amides is 1. The van der Waals surface area contributed by atoms with Crippen molar-refractivity contribution < 1.29 is 19.1 Å². The highest BCUT2D eigenvalue weighted by Gasteiger charge is 2.23. The third kappa shape index (κ3) is 4.03. The summed E-state index contributed by atoms with van der Waals surface area (Å²) < 4.78 is 14.1. The maximum absolute atomic E-state index is 13.7. The first-order valence-corrected chi connectivity index (χ1v) is 7.16. The van der Waals surface area contributed by atoms with Crippen molar-refractivity contribution in [2.45, 2.75) is 39.2 Å². The van der Waals surface area contributed by atoms with Crippen LogP contribution in [0.4, 0.5) is 4.39 Å². The molecule has 20 heavy (non-hydrogen) atoms. The van der Waals surface area contributed by atoms with Crippen LogP contribution in [0.3, 0.4) is 0 Å².